The van der Waals surface area contributed by atoms with E-state index in [4.69, 9.17) is 0 Å². The monoisotopic (exact) mass is 353 g/mol. The van der Waals surface area contributed by atoms with Crippen LogP contribution in [-0.4, -0.2) is 30.9 Å². The molecule has 0 bridgehead atoms. The molecule has 126 valence electrons. The molecule has 0 aliphatic rings. The molecule has 3 aromatic rings. The zero-order valence-electron chi connectivity index (χ0n) is 13.4. The maximum Gasteiger partial charge on any atom is 0.249 e. The average molecular weight is 353 g/mol. The number of aromatic nitrogens is 2. The second-order valence-corrected chi connectivity index (χ2v) is 7.27. The molecule has 25 heavy (non-hydrogen) atoms. The molecule has 7 heteroatoms. The van der Waals surface area contributed by atoms with Gasteiger partial charge >= 0.3 is 0 Å². The number of para-hydroxylation sites is 1. The Balaban J connectivity index is 2.24. The maximum absolute atomic E-state index is 12.0. The van der Waals surface area contributed by atoms with Gasteiger partial charge in [0.1, 0.15) is 5.82 Å². The Kier molecular flexibility index (Phi) is 4.58. The third kappa shape index (κ3) is 3.72. The van der Waals surface area contributed by atoms with Crippen molar-refractivity contribution in [3.05, 3.63) is 66.2 Å². The van der Waals surface area contributed by atoms with Crippen molar-refractivity contribution < 1.29 is 13.2 Å². The quantitative estimate of drug-likeness (QED) is 0.560. The summed E-state index contributed by atoms with van der Waals surface area (Å²) in [6, 6.07) is 18.0. The summed E-state index contributed by atoms with van der Waals surface area (Å²) in [7, 11) is -3.65. The number of carbonyl (C=O) groups is 1. The minimum Gasteiger partial charge on any atom is -0.339 e. The molecular weight excluding hydrogens is 338 g/mol. The molecule has 0 radical (unpaired) electrons. The van der Waals surface area contributed by atoms with Crippen molar-refractivity contribution in [2.45, 2.75) is 5.16 Å². The standard InChI is InChI=1S/C18H15N3O3S/c1-25(23,24)18-20-16(13-8-4-2-5-9-13)15(12-22)17(21-18)19-14-10-6-3-7-11-14/h2-12H,1H3,(H,19,20,21). The first-order valence-electron chi connectivity index (χ1n) is 7.44. The summed E-state index contributed by atoms with van der Waals surface area (Å²) in [5, 5.41) is 2.66. The number of hydrogen-bond acceptors (Lipinski definition) is 6. The van der Waals surface area contributed by atoms with E-state index in [1.54, 1.807) is 36.4 Å². The molecular formula is C18H15N3O3S. The van der Waals surface area contributed by atoms with Gasteiger partial charge in [0, 0.05) is 17.5 Å². The van der Waals surface area contributed by atoms with Gasteiger partial charge in [-0.2, -0.15) is 4.98 Å². The van der Waals surface area contributed by atoms with Gasteiger partial charge < -0.3 is 5.32 Å². The molecule has 1 N–H and O–H groups in total. The van der Waals surface area contributed by atoms with Crippen molar-refractivity contribution in [1.82, 2.24) is 9.97 Å². The molecule has 0 atom stereocenters. The number of nitrogens with one attached hydrogen (secondary N) is 1. The highest BCUT2D eigenvalue weighted by Gasteiger charge is 2.20. The predicted molar refractivity (Wildman–Crippen MR) is 95.7 cm³/mol. The van der Waals surface area contributed by atoms with E-state index in [0.717, 1.165) is 6.26 Å². The van der Waals surface area contributed by atoms with Crippen molar-refractivity contribution in [3.63, 3.8) is 0 Å². The lowest BCUT2D eigenvalue weighted by atomic mass is 10.1. The van der Waals surface area contributed by atoms with Gasteiger partial charge in [0.25, 0.3) is 0 Å². The third-order valence-electron chi connectivity index (χ3n) is 3.46. The second-order valence-electron chi connectivity index (χ2n) is 5.36. The number of rotatable bonds is 5. The minimum atomic E-state index is -3.65. The van der Waals surface area contributed by atoms with Gasteiger partial charge in [-0.15, -0.1) is 0 Å². The molecule has 1 heterocycles. The molecule has 2 aromatic carbocycles. The molecule has 0 amide bonds. The van der Waals surface area contributed by atoms with Crippen LogP contribution in [0.25, 0.3) is 11.3 Å². The SMILES string of the molecule is CS(=O)(=O)c1nc(Nc2ccccc2)c(C=O)c(-c2ccccc2)n1. The largest absolute Gasteiger partial charge is 0.339 e. The van der Waals surface area contributed by atoms with E-state index in [1.807, 2.05) is 24.3 Å². The van der Waals surface area contributed by atoms with Gasteiger partial charge in [0.05, 0.1) is 11.3 Å². The highest BCUT2D eigenvalue weighted by Crippen LogP contribution is 2.28. The van der Waals surface area contributed by atoms with Crippen molar-refractivity contribution in [2.75, 3.05) is 11.6 Å². The first kappa shape index (κ1) is 16.8. The summed E-state index contributed by atoms with van der Waals surface area (Å²) < 4.78 is 24.0. The van der Waals surface area contributed by atoms with Crippen LogP contribution in [0.3, 0.4) is 0 Å². The van der Waals surface area contributed by atoms with Crippen molar-refractivity contribution >= 4 is 27.6 Å². The van der Waals surface area contributed by atoms with Gasteiger partial charge in [0.15, 0.2) is 6.29 Å². The van der Waals surface area contributed by atoms with Crippen molar-refractivity contribution in [2.24, 2.45) is 0 Å². The van der Waals surface area contributed by atoms with Gasteiger partial charge in [-0.05, 0) is 12.1 Å². The highest BCUT2D eigenvalue weighted by atomic mass is 32.2. The zero-order chi connectivity index (χ0) is 17.9. The van der Waals surface area contributed by atoms with E-state index in [-0.39, 0.29) is 22.2 Å². The smallest absolute Gasteiger partial charge is 0.249 e. The van der Waals surface area contributed by atoms with E-state index >= 15 is 0 Å². The lowest BCUT2D eigenvalue weighted by Gasteiger charge is -2.13. The van der Waals surface area contributed by atoms with Gasteiger partial charge in [-0.1, -0.05) is 48.5 Å². The van der Waals surface area contributed by atoms with Crippen LogP contribution in [0, 0.1) is 0 Å². The first-order valence-corrected chi connectivity index (χ1v) is 9.33. The number of hydrogen-bond donors (Lipinski definition) is 1. The van der Waals surface area contributed by atoms with Gasteiger partial charge in [-0.25, -0.2) is 13.4 Å². The molecule has 6 nitrogen and oxygen atoms in total. The van der Waals surface area contributed by atoms with Crippen LogP contribution in [0.1, 0.15) is 10.4 Å². The van der Waals surface area contributed by atoms with E-state index in [0.29, 0.717) is 17.5 Å². The Bertz CT molecular complexity index is 1000. The Morgan fingerprint density at radius 3 is 2.08 bits per heavy atom. The molecule has 1 aromatic heterocycles. The predicted octanol–water partition coefficient (Wildman–Crippen LogP) is 3.10. The van der Waals surface area contributed by atoms with Crippen LogP contribution < -0.4 is 5.32 Å². The molecule has 0 spiro atoms. The summed E-state index contributed by atoms with van der Waals surface area (Å²) in [5.41, 5.74) is 1.78. The number of aldehydes is 1. The van der Waals surface area contributed by atoms with Crippen LogP contribution >= 0.6 is 0 Å². The summed E-state index contributed by atoms with van der Waals surface area (Å²) in [5.74, 6) is 0.149. The number of benzene rings is 2. The van der Waals surface area contributed by atoms with Crippen LogP contribution in [0.4, 0.5) is 11.5 Å². The van der Waals surface area contributed by atoms with E-state index in [1.165, 1.54) is 0 Å². The fraction of sp³-hybridized carbons (Fsp3) is 0.0556. The normalized spacial score (nSPS) is 11.1. The lowest BCUT2D eigenvalue weighted by Crippen LogP contribution is -2.11. The first-order chi connectivity index (χ1) is 12.0. The van der Waals surface area contributed by atoms with Gasteiger partial charge in [0.2, 0.25) is 15.0 Å². The van der Waals surface area contributed by atoms with E-state index in [9.17, 15) is 13.2 Å². The van der Waals surface area contributed by atoms with Crippen molar-refractivity contribution in [3.8, 4) is 11.3 Å². The number of sulfone groups is 1. The topological polar surface area (TPSA) is 89.0 Å². The number of anilines is 2. The molecule has 0 saturated heterocycles. The number of nitrogens with zero attached hydrogens (tertiary/aromatic N) is 2. The third-order valence-corrected chi connectivity index (χ3v) is 4.30. The Hall–Kier alpha value is -3.06. The average Bonchev–Trinajstić information content (AvgIpc) is 2.62. The van der Waals surface area contributed by atoms with Gasteiger partial charge in [-0.3, -0.25) is 4.79 Å². The fourth-order valence-corrected chi connectivity index (χ4v) is 2.81. The van der Waals surface area contributed by atoms with Crippen LogP contribution in [0.15, 0.2) is 65.8 Å². The molecule has 0 aliphatic heterocycles. The molecule has 3 rings (SSSR count). The Morgan fingerprint density at radius 2 is 1.52 bits per heavy atom. The maximum atomic E-state index is 12.0. The summed E-state index contributed by atoms with van der Waals surface area (Å²) >= 11 is 0. The van der Waals surface area contributed by atoms with Crippen LogP contribution in [0.5, 0.6) is 0 Å². The Labute approximate surface area is 145 Å². The summed E-state index contributed by atoms with van der Waals surface area (Å²) in [4.78, 5) is 19.9. The summed E-state index contributed by atoms with van der Waals surface area (Å²) in [6.45, 7) is 0. The molecule has 0 saturated carbocycles. The number of carbonyl (C=O) groups excluding carboxylic acids is 1. The van der Waals surface area contributed by atoms with Crippen molar-refractivity contribution in [1.29, 1.82) is 0 Å². The van der Waals surface area contributed by atoms with Crippen LogP contribution in [0.2, 0.25) is 0 Å². The minimum absolute atomic E-state index is 0.149. The zero-order valence-corrected chi connectivity index (χ0v) is 14.2. The molecule has 0 aliphatic carbocycles. The van der Waals surface area contributed by atoms with Crippen LogP contribution in [-0.2, 0) is 9.84 Å². The lowest BCUT2D eigenvalue weighted by molar-refractivity contribution is 0.112. The van der Waals surface area contributed by atoms with E-state index < -0.39 is 9.84 Å². The molecule has 0 unspecified atom stereocenters. The highest BCUT2D eigenvalue weighted by molar-refractivity contribution is 7.90. The summed E-state index contributed by atoms with van der Waals surface area (Å²) in [6.07, 6.45) is 1.66. The molecule has 0 fully saturated rings. The fourth-order valence-electron chi connectivity index (χ4n) is 2.30. The van der Waals surface area contributed by atoms with E-state index in [2.05, 4.69) is 15.3 Å². The Morgan fingerprint density at radius 1 is 0.920 bits per heavy atom. The second kappa shape index (κ2) is 6.82.